The van der Waals surface area contributed by atoms with Gasteiger partial charge >= 0.3 is 0 Å². The molecular formula is C28H33ClN2O5. The Morgan fingerprint density at radius 2 is 1.50 bits per heavy atom. The van der Waals surface area contributed by atoms with E-state index in [2.05, 4.69) is 10.6 Å². The number of aliphatic hydroxyl groups is 1. The molecule has 0 radical (unpaired) electrons. The monoisotopic (exact) mass is 512 g/mol. The molecule has 192 valence electrons. The zero-order valence-electron chi connectivity index (χ0n) is 20.9. The van der Waals surface area contributed by atoms with Crippen LogP contribution in [0.4, 0.5) is 0 Å². The second kappa shape index (κ2) is 12.2. The van der Waals surface area contributed by atoms with Crippen molar-refractivity contribution < 1.29 is 19.4 Å². The number of carbonyl (C=O) groups excluding carboxylic acids is 2. The van der Waals surface area contributed by atoms with E-state index in [9.17, 15) is 19.5 Å². The second-order valence-electron chi connectivity index (χ2n) is 9.64. The molecule has 3 rings (SSSR count). The van der Waals surface area contributed by atoms with Crippen molar-refractivity contribution in [2.24, 2.45) is 11.8 Å². The van der Waals surface area contributed by atoms with Crippen molar-refractivity contribution >= 4 is 23.4 Å². The predicted octanol–water partition coefficient (Wildman–Crippen LogP) is 3.94. The SMILES string of the molecule is CC(C)C[C@H](NC(=O)C(Cl)Oc1ccccc1)C(=O)N[C@@H](C(C)C)[C@@H](O)c1c(-c2ccccc2)c1=O. The van der Waals surface area contributed by atoms with Crippen molar-refractivity contribution in [1.82, 2.24) is 10.6 Å². The molecule has 3 aromatic carbocycles. The fourth-order valence-electron chi connectivity index (χ4n) is 4.02. The van der Waals surface area contributed by atoms with E-state index >= 15 is 0 Å². The average Bonchev–Trinajstić information content (AvgIpc) is 3.52. The molecule has 8 heteroatoms. The molecule has 0 spiro atoms. The van der Waals surface area contributed by atoms with Crippen molar-refractivity contribution in [1.29, 1.82) is 0 Å². The summed E-state index contributed by atoms with van der Waals surface area (Å²) in [4.78, 5) is 38.5. The number of benzene rings is 2. The third-order valence-corrected chi connectivity index (χ3v) is 6.22. The third-order valence-electron chi connectivity index (χ3n) is 5.93. The number of aliphatic hydroxyl groups excluding tert-OH is 1. The molecular weight excluding hydrogens is 480 g/mol. The first kappa shape index (κ1) is 27.4. The third kappa shape index (κ3) is 6.95. The summed E-state index contributed by atoms with van der Waals surface area (Å²) in [5.41, 5.74) is -0.00519. The van der Waals surface area contributed by atoms with Gasteiger partial charge in [0.1, 0.15) is 17.9 Å². The second-order valence-corrected chi connectivity index (χ2v) is 10.0. The minimum atomic E-state index is -1.33. The first-order chi connectivity index (χ1) is 17.1. The summed E-state index contributed by atoms with van der Waals surface area (Å²) < 4.78 is 5.46. The average molecular weight is 513 g/mol. The zero-order valence-corrected chi connectivity index (χ0v) is 21.7. The van der Waals surface area contributed by atoms with Gasteiger partial charge in [-0.15, -0.1) is 0 Å². The molecule has 0 aliphatic rings. The lowest BCUT2D eigenvalue weighted by atomic mass is 9.95. The molecule has 0 aromatic heterocycles. The van der Waals surface area contributed by atoms with Crippen molar-refractivity contribution in [3.8, 4) is 16.9 Å². The van der Waals surface area contributed by atoms with E-state index in [1.54, 1.807) is 24.3 Å². The van der Waals surface area contributed by atoms with E-state index in [0.717, 1.165) is 5.56 Å². The number of hydrogen-bond acceptors (Lipinski definition) is 5. The summed E-state index contributed by atoms with van der Waals surface area (Å²) in [6.07, 6.45) is -0.820. The van der Waals surface area contributed by atoms with Gasteiger partial charge in [0.15, 0.2) is 5.43 Å². The van der Waals surface area contributed by atoms with Crippen molar-refractivity contribution in [2.45, 2.75) is 57.9 Å². The molecule has 0 fully saturated rings. The van der Waals surface area contributed by atoms with Crippen LogP contribution in [0.2, 0.25) is 0 Å². The van der Waals surface area contributed by atoms with E-state index in [0.29, 0.717) is 23.3 Å². The number of para-hydroxylation sites is 1. The quantitative estimate of drug-likeness (QED) is 0.319. The molecule has 0 aliphatic carbocycles. The van der Waals surface area contributed by atoms with Crippen LogP contribution < -0.4 is 20.8 Å². The Balaban J connectivity index is 1.70. The van der Waals surface area contributed by atoms with Gasteiger partial charge in [-0.05, 0) is 36.0 Å². The van der Waals surface area contributed by atoms with E-state index in [1.807, 2.05) is 64.1 Å². The van der Waals surface area contributed by atoms with Crippen LogP contribution in [0, 0.1) is 11.8 Å². The lowest BCUT2D eigenvalue weighted by Gasteiger charge is -2.29. The molecule has 0 bridgehead atoms. The van der Waals surface area contributed by atoms with Gasteiger partial charge in [-0.2, -0.15) is 0 Å². The first-order valence-corrected chi connectivity index (χ1v) is 12.5. The van der Waals surface area contributed by atoms with Gasteiger partial charge in [0, 0.05) is 11.1 Å². The van der Waals surface area contributed by atoms with Gasteiger partial charge < -0.3 is 20.5 Å². The normalized spacial score (nSPS) is 14.9. The zero-order chi connectivity index (χ0) is 26.4. The summed E-state index contributed by atoms with van der Waals surface area (Å²) in [6, 6.07) is 16.2. The van der Waals surface area contributed by atoms with Gasteiger partial charge in [-0.1, -0.05) is 87.8 Å². The molecule has 36 heavy (non-hydrogen) atoms. The maximum Gasteiger partial charge on any atom is 0.277 e. The number of carbonyl (C=O) groups is 2. The fourth-order valence-corrected chi connectivity index (χ4v) is 4.19. The highest BCUT2D eigenvalue weighted by Gasteiger charge is 2.38. The van der Waals surface area contributed by atoms with E-state index in [-0.39, 0.29) is 17.3 Å². The van der Waals surface area contributed by atoms with E-state index in [1.165, 1.54) is 0 Å². The Bertz CT molecular complexity index is 1160. The van der Waals surface area contributed by atoms with Crippen molar-refractivity contribution in [3.05, 3.63) is 76.5 Å². The number of ether oxygens (including phenoxy) is 1. The number of rotatable bonds is 12. The molecule has 0 heterocycles. The number of amides is 2. The molecule has 0 saturated carbocycles. The predicted molar refractivity (Wildman–Crippen MR) is 140 cm³/mol. The highest BCUT2D eigenvalue weighted by Crippen LogP contribution is 2.33. The van der Waals surface area contributed by atoms with Crippen molar-refractivity contribution in [2.75, 3.05) is 0 Å². The van der Waals surface area contributed by atoms with E-state index in [4.69, 9.17) is 16.3 Å². The molecule has 7 nitrogen and oxygen atoms in total. The number of nitrogens with one attached hydrogen (secondary N) is 2. The Morgan fingerprint density at radius 1 is 0.917 bits per heavy atom. The molecule has 0 saturated heterocycles. The summed E-state index contributed by atoms with van der Waals surface area (Å²) in [7, 11) is 0. The van der Waals surface area contributed by atoms with Crippen molar-refractivity contribution in [3.63, 3.8) is 0 Å². The van der Waals surface area contributed by atoms with Crippen LogP contribution in [-0.4, -0.2) is 34.6 Å². The first-order valence-electron chi connectivity index (χ1n) is 12.1. The number of halogens is 1. The van der Waals surface area contributed by atoms with Gasteiger partial charge in [0.25, 0.3) is 5.91 Å². The minimum Gasteiger partial charge on any atom is -0.465 e. The Labute approximate surface area is 216 Å². The maximum absolute atomic E-state index is 13.3. The number of alkyl halides is 1. The maximum atomic E-state index is 13.3. The van der Waals surface area contributed by atoms with Crippen LogP contribution in [-0.2, 0) is 9.59 Å². The standard InChI is InChI=1S/C28H33ClN2O5/c1-16(2)15-20(30-28(35)26(29)36-19-13-9-6-10-14-19)27(34)31-23(17(3)4)25(33)22-21(24(22)32)18-11-7-5-8-12-18/h5-14,16-17,20,23,25-26,33H,15H2,1-4H3,(H,30,35)(H,31,34)/t20-,23-,25-,26?/m0/s1. The van der Waals surface area contributed by atoms with E-state index < -0.39 is 35.6 Å². The highest BCUT2D eigenvalue weighted by atomic mass is 35.5. The van der Waals surface area contributed by atoms with Gasteiger partial charge in [-0.25, -0.2) is 0 Å². The van der Waals surface area contributed by atoms with Crippen LogP contribution in [0.15, 0.2) is 65.5 Å². The minimum absolute atomic E-state index is 0.0877. The Kier molecular flexibility index (Phi) is 9.29. The van der Waals surface area contributed by atoms with Crippen LogP contribution >= 0.6 is 11.6 Å². The summed E-state index contributed by atoms with van der Waals surface area (Å²) in [5, 5.41) is 16.6. The molecule has 3 N–H and O–H groups in total. The molecule has 0 aliphatic heterocycles. The fraction of sp³-hybridized carbons (Fsp3) is 0.393. The lowest BCUT2D eigenvalue weighted by molar-refractivity contribution is -0.132. The van der Waals surface area contributed by atoms with Crippen LogP contribution in [0.1, 0.15) is 45.8 Å². The topological polar surface area (TPSA) is 105 Å². The Hall–Kier alpha value is -3.16. The summed E-state index contributed by atoms with van der Waals surface area (Å²) >= 11 is 6.15. The molecule has 2 amide bonds. The van der Waals surface area contributed by atoms with Crippen LogP contribution in [0.3, 0.4) is 0 Å². The Morgan fingerprint density at radius 3 is 2.06 bits per heavy atom. The molecule has 4 atom stereocenters. The largest absolute Gasteiger partial charge is 0.465 e. The summed E-state index contributed by atoms with van der Waals surface area (Å²) in [6.45, 7) is 7.56. The van der Waals surface area contributed by atoms with Crippen LogP contribution in [0.5, 0.6) is 5.75 Å². The highest BCUT2D eigenvalue weighted by molar-refractivity contribution is 6.30. The van der Waals surface area contributed by atoms with Crippen LogP contribution in [0.25, 0.3) is 11.1 Å². The van der Waals surface area contributed by atoms with Gasteiger partial charge in [-0.3, -0.25) is 14.4 Å². The smallest absolute Gasteiger partial charge is 0.277 e. The van der Waals surface area contributed by atoms with Gasteiger partial charge in [0.2, 0.25) is 11.5 Å². The molecule has 1 unspecified atom stereocenters. The molecule has 3 aromatic rings. The number of hydrogen-bond donors (Lipinski definition) is 3. The summed E-state index contributed by atoms with van der Waals surface area (Å²) in [5.74, 6) is -0.774. The lowest BCUT2D eigenvalue weighted by Crippen LogP contribution is -2.54. The van der Waals surface area contributed by atoms with Gasteiger partial charge in [0.05, 0.1) is 6.04 Å².